The van der Waals surface area contributed by atoms with Crippen LogP contribution in [0.4, 0.5) is 5.69 Å². The predicted octanol–water partition coefficient (Wildman–Crippen LogP) is 1.63. The van der Waals surface area contributed by atoms with Crippen LogP contribution in [-0.2, 0) is 0 Å². The van der Waals surface area contributed by atoms with Crippen LogP contribution in [0.2, 0.25) is 0 Å². The van der Waals surface area contributed by atoms with Crippen molar-refractivity contribution in [1.29, 1.82) is 0 Å². The zero-order valence-electron chi connectivity index (χ0n) is 7.19. The van der Waals surface area contributed by atoms with E-state index in [1.807, 2.05) is 25.1 Å². The molecule has 2 aromatic rings. The maximum atomic E-state index is 5.61. The van der Waals surface area contributed by atoms with Crippen molar-refractivity contribution in [1.82, 2.24) is 10.2 Å². The highest BCUT2D eigenvalue weighted by Gasteiger charge is 2.06. The topological polar surface area (TPSA) is 64.9 Å². The number of hydrogen-bond acceptors (Lipinski definition) is 4. The van der Waals surface area contributed by atoms with Crippen molar-refractivity contribution in [3.05, 3.63) is 30.2 Å². The molecule has 0 atom stereocenters. The van der Waals surface area contributed by atoms with Gasteiger partial charge in [-0.2, -0.15) is 0 Å². The summed E-state index contributed by atoms with van der Waals surface area (Å²) < 4.78 is 5.08. The summed E-state index contributed by atoms with van der Waals surface area (Å²) in [5.41, 5.74) is 8.31. The molecule has 0 unspecified atom stereocenters. The molecular formula is C9H9N3O. The molecule has 0 radical (unpaired) electrons. The van der Waals surface area contributed by atoms with E-state index in [1.165, 1.54) is 6.39 Å². The molecule has 13 heavy (non-hydrogen) atoms. The zero-order chi connectivity index (χ0) is 9.26. The van der Waals surface area contributed by atoms with Gasteiger partial charge in [0.15, 0.2) is 0 Å². The average molecular weight is 175 g/mol. The van der Waals surface area contributed by atoms with Crippen LogP contribution in [0.25, 0.3) is 11.5 Å². The molecule has 66 valence electrons. The molecule has 0 saturated carbocycles. The minimum absolute atomic E-state index is 0.525. The summed E-state index contributed by atoms with van der Waals surface area (Å²) in [6.07, 6.45) is 1.31. The summed E-state index contributed by atoms with van der Waals surface area (Å²) in [6, 6.07) is 5.56. The molecule has 0 bridgehead atoms. The van der Waals surface area contributed by atoms with Gasteiger partial charge in [0.1, 0.15) is 0 Å². The number of nitrogens with two attached hydrogens (primary N) is 1. The van der Waals surface area contributed by atoms with E-state index >= 15 is 0 Å². The Bertz CT molecular complexity index is 409. The van der Waals surface area contributed by atoms with Crippen molar-refractivity contribution in [3.8, 4) is 11.5 Å². The standard InChI is InChI=1S/C9H9N3O/c1-6-4-7(10)2-3-8(6)9-12-11-5-13-9/h2-5H,10H2,1H3. The molecule has 1 aromatic heterocycles. The second-order valence-corrected chi connectivity index (χ2v) is 2.82. The number of anilines is 1. The van der Waals surface area contributed by atoms with E-state index in [1.54, 1.807) is 0 Å². The zero-order valence-corrected chi connectivity index (χ0v) is 7.19. The number of aromatic nitrogens is 2. The Morgan fingerprint density at radius 3 is 2.85 bits per heavy atom. The van der Waals surface area contributed by atoms with Crippen molar-refractivity contribution in [2.45, 2.75) is 6.92 Å². The number of aryl methyl sites for hydroxylation is 1. The van der Waals surface area contributed by atoms with E-state index in [-0.39, 0.29) is 0 Å². The number of rotatable bonds is 1. The van der Waals surface area contributed by atoms with Gasteiger partial charge in [0.2, 0.25) is 12.3 Å². The molecule has 0 saturated heterocycles. The van der Waals surface area contributed by atoms with Crippen LogP contribution in [-0.4, -0.2) is 10.2 Å². The molecule has 4 heteroatoms. The summed E-state index contributed by atoms with van der Waals surface area (Å²) in [6.45, 7) is 1.95. The van der Waals surface area contributed by atoms with Crippen LogP contribution in [0.5, 0.6) is 0 Å². The van der Waals surface area contributed by atoms with E-state index in [9.17, 15) is 0 Å². The highest BCUT2D eigenvalue weighted by atomic mass is 16.4. The van der Waals surface area contributed by atoms with Gasteiger partial charge >= 0.3 is 0 Å². The Balaban J connectivity index is 2.53. The van der Waals surface area contributed by atoms with Crippen molar-refractivity contribution in [2.24, 2.45) is 0 Å². The summed E-state index contributed by atoms with van der Waals surface area (Å²) in [5, 5.41) is 7.43. The fraction of sp³-hybridized carbons (Fsp3) is 0.111. The maximum Gasteiger partial charge on any atom is 0.247 e. The Labute approximate surface area is 75.4 Å². The number of nitrogens with zero attached hydrogens (tertiary/aromatic N) is 2. The van der Waals surface area contributed by atoms with Gasteiger partial charge in [0.05, 0.1) is 0 Å². The Morgan fingerprint density at radius 2 is 2.23 bits per heavy atom. The molecular weight excluding hydrogens is 166 g/mol. The lowest BCUT2D eigenvalue weighted by atomic mass is 10.1. The fourth-order valence-corrected chi connectivity index (χ4v) is 1.22. The minimum atomic E-state index is 0.525. The molecule has 0 aliphatic heterocycles. The molecule has 1 aromatic carbocycles. The van der Waals surface area contributed by atoms with Crippen LogP contribution < -0.4 is 5.73 Å². The fourth-order valence-electron chi connectivity index (χ4n) is 1.22. The van der Waals surface area contributed by atoms with E-state index < -0.39 is 0 Å². The molecule has 1 heterocycles. The SMILES string of the molecule is Cc1cc(N)ccc1-c1nnco1. The molecule has 2 rings (SSSR count). The first-order valence-corrected chi connectivity index (χ1v) is 3.90. The van der Waals surface area contributed by atoms with Gasteiger partial charge < -0.3 is 10.2 Å². The van der Waals surface area contributed by atoms with Crippen LogP contribution in [0.15, 0.2) is 29.0 Å². The monoisotopic (exact) mass is 175 g/mol. The van der Waals surface area contributed by atoms with Crippen LogP contribution in [0.1, 0.15) is 5.56 Å². The number of benzene rings is 1. The van der Waals surface area contributed by atoms with Crippen molar-refractivity contribution in [2.75, 3.05) is 5.73 Å². The average Bonchev–Trinajstić information content (AvgIpc) is 2.56. The van der Waals surface area contributed by atoms with Gasteiger partial charge in [-0.3, -0.25) is 0 Å². The van der Waals surface area contributed by atoms with Gasteiger partial charge in [0, 0.05) is 11.3 Å². The molecule has 0 fully saturated rings. The van der Waals surface area contributed by atoms with Crippen molar-refractivity contribution >= 4 is 5.69 Å². The molecule has 0 amide bonds. The Morgan fingerprint density at radius 1 is 1.38 bits per heavy atom. The van der Waals surface area contributed by atoms with Gasteiger partial charge in [-0.1, -0.05) is 0 Å². The molecule has 0 spiro atoms. The summed E-state index contributed by atoms with van der Waals surface area (Å²) in [5.74, 6) is 0.525. The molecule has 0 aliphatic rings. The quantitative estimate of drug-likeness (QED) is 0.669. The van der Waals surface area contributed by atoms with Crippen molar-refractivity contribution in [3.63, 3.8) is 0 Å². The number of nitrogen functional groups attached to an aromatic ring is 1. The highest BCUT2D eigenvalue weighted by molar-refractivity contribution is 5.61. The lowest BCUT2D eigenvalue weighted by molar-refractivity contribution is 0.568. The lowest BCUT2D eigenvalue weighted by Gasteiger charge is -2.00. The summed E-state index contributed by atoms with van der Waals surface area (Å²) >= 11 is 0. The first-order valence-electron chi connectivity index (χ1n) is 3.90. The Kier molecular flexibility index (Phi) is 1.73. The normalized spacial score (nSPS) is 10.2. The van der Waals surface area contributed by atoms with Gasteiger partial charge in [-0.15, -0.1) is 10.2 Å². The van der Waals surface area contributed by atoms with Gasteiger partial charge in [-0.05, 0) is 30.7 Å². The van der Waals surface area contributed by atoms with E-state index in [4.69, 9.17) is 10.2 Å². The summed E-state index contributed by atoms with van der Waals surface area (Å²) in [7, 11) is 0. The predicted molar refractivity (Wildman–Crippen MR) is 48.9 cm³/mol. The third-order valence-electron chi connectivity index (χ3n) is 1.84. The molecule has 2 N–H and O–H groups in total. The number of hydrogen-bond donors (Lipinski definition) is 1. The smallest absolute Gasteiger partial charge is 0.247 e. The third kappa shape index (κ3) is 1.38. The van der Waals surface area contributed by atoms with E-state index in [0.717, 1.165) is 16.8 Å². The molecule has 0 aliphatic carbocycles. The lowest BCUT2D eigenvalue weighted by Crippen LogP contribution is -1.88. The first-order chi connectivity index (χ1) is 6.27. The maximum absolute atomic E-state index is 5.61. The summed E-state index contributed by atoms with van der Waals surface area (Å²) in [4.78, 5) is 0. The molecule has 4 nitrogen and oxygen atoms in total. The van der Waals surface area contributed by atoms with Gasteiger partial charge in [-0.25, -0.2) is 0 Å². The van der Waals surface area contributed by atoms with Crippen LogP contribution in [0, 0.1) is 6.92 Å². The van der Waals surface area contributed by atoms with Gasteiger partial charge in [0.25, 0.3) is 0 Å². The van der Waals surface area contributed by atoms with Crippen LogP contribution in [0.3, 0.4) is 0 Å². The third-order valence-corrected chi connectivity index (χ3v) is 1.84. The second kappa shape index (κ2) is 2.90. The van der Waals surface area contributed by atoms with Crippen molar-refractivity contribution < 1.29 is 4.42 Å². The minimum Gasteiger partial charge on any atom is -0.423 e. The van der Waals surface area contributed by atoms with E-state index in [0.29, 0.717) is 5.89 Å². The second-order valence-electron chi connectivity index (χ2n) is 2.82. The Hall–Kier alpha value is -1.84. The van der Waals surface area contributed by atoms with Crippen LogP contribution >= 0.6 is 0 Å². The first kappa shape index (κ1) is 7.79. The largest absolute Gasteiger partial charge is 0.423 e. The highest BCUT2D eigenvalue weighted by Crippen LogP contribution is 2.22. The van der Waals surface area contributed by atoms with E-state index in [2.05, 4.69) is 10.2 Å².